The normalized spacial score (nSPS) is 11.4. The SMILES string of the molecule is Cn1cc(-c2ccc(NS(=O)(=O)c3ccc(F)cc3)nc2)cn1. The molecule has 0 amide bonds. The number of nitrogens with zero attached hydrogens (tertiary/aromatic N) is 3. The Labute approximate surface area is 132 Å². The topological polar surface area (TPSA) is 76.9 Å². The molecule has 2 heterocycles. The van der Waals surface area contributed by atoms with Gasteiger partial charge in [0.2, 0.25) is 0 Å². The first-order chi connectivity index (χ1) is 10.9. The summed E-state index contributed by atoms with van der Waals surface area (Å²) >= 11 is 0. The van der Waals surface area contributed by atoms with E-state index in [-0.39, 0.29) is 10.7 Å². The Morgan fingerprint density at radius 2 is 1.78 bits per heavy atom. The van der Waals surface area contributed by atoms with Crippen LogP contribution in [0.2, 0.25) is 0 Å². The lowest BCUT2D eigenvalue weighted by molar-refractivity contribution is 0.599. The van der Waals surface area contributed by atoms with E-state index in [1.165, 1.54) is 12.1 Å². The fourth-order valence-corrected chi connectivity index (χ4v) is 3.01. The minimum Gasteiger partial charge on any atom is -0.275 e. The number of aryl methyl sites for hydroxylation is 1. The van der Waals surface area contributed by atoms with Crippen LogP contribution in [-0.4, -0.2) is 23.2 Å². The van der Waals surface area contributed by atoms with Crippen molar-refractivity contribution < 1.29 is 12.8 Å². The average Bonchev–Trinajstić information content (AvgIpc) is 2.95. The molecule has 0 aliphatic carbocycles. The van der Waals surface area contributed by atoms with E-state index in [1.54, 1.807) is 29.2 Å². The summed E-state index contributed by atoms with van der Waals surface area (Å²) in [5.41, 5.74) is 1.70. The number of halogens is 1. The minimum absolute atomic E-state index is 0.0305. The maximum atomic E-state index is 12.9. The van der Waals surface area contributed by atoms with Crippen molar-refractivity contribution >= 4 is 15.8 Å². The van der Waals surface area contributed by atoms with Crippen LogP contribution in [0.4, 0.5) is 10.2 Å². The van der Waals surface area contributed by atoms with Crippen LogP contribution >= 0.6 is 0 Å². The smallest absolute Gasteiger partial charge is 0.263 e. The Morgan fingerprint density at radius 3 is 2.35 bits per heavy atom. The number of hydrogen-bond acceptors (Lipinski definition) is 4. The zero-order chi connectivity index (χ0) is 16.4. The van der Waals surface area contributed by atoms with E-state index in [0.717, 1.165) is 23.3 Å². The molecule has 1 N–H and O–H groups in total. The third-order valence-electron chi connectivity index (χ3n) is 3.16. The molecule has 23 heavy (non-hydrogen) atoms. The zero-order valence-electron chi connectivity index (χ0n) is 12.1. The molecule has 0 bridgehead atoms. The molecule has 8 heteroatoms. The van der Waals surface area contributed by atoms with Crippen LogP contribution in [0.3, 0.4) is 0 Å². The van der Waals surface area contributed by atoms with Crippen LogP contribution in [0.25, 0.3) is 11.1 Å². The van der Waals surface area contributed by atoms with Gasteiger partial charge >= 0.3 is 0 Å². The molecule has 0 unspecified atom stereocenters. The predicted molar refractivity (Wildman–Crippen MR) is 83.6 cm³/mol. The first-order valence-corrected chi connectivity index (χ1v) is 8.16. The van der Waals surface area contributed by atoms with E-state index in [9.17, 15) is 12.8 Å². The highest BCUT2D eigenvalue weighted by Crippen LogP contribution is 2.20. The lowest BCUT2D eigenvalue weighted by Gasteiger charge is -2.07. The van der Waals surface area contributed by atoms with Gasteiger partial charge in [0, 0.05) is 30.6 Å². The average molecular weight is 332 g/mol. The Bertz CT molecular complexity index is 919. The fourth-order valence-electron chi connectivity index (χ4n) is 2.01. The fraction of sp³-hybridized carbons (Fsp3) is 0.0667. The Hall–Kier alpha value is -2.74. The van der Waals surface area contributed by atoms with Crippen molar-refractivity contribution in [1.82, 2.24) is 14.8 Å². The van der Waals surface area contributed by atoms with E-state index in [2.05, 4.69) is 14.8 Å². The maximum Gasteiger partial charge on any atom is 0.263 e. The highest BCUT2D eigenvalue weighted by molar-refractivity contribution is 7.92. The van der Waals surface area contributed by atoms with Gasteiger partial charge in [0.1, 0.15) is 11.6 Å². The molecule has 6 nitrogen and oxygen atoms in total. The van der Waals surface area contributed by atoms with E-state index in [1.807, 2.05) is 13.2 Å². The monoisotopic (exact) mass is 332 g/mol. The summed E-state index contributed by atoms with van der Waals surface area (Å²) in [6.45, 7) is 0. The summed E-state index contributed by atoms with van der Waals surface area (Å²) in [5.74, 6) is -0.315. The van der Waals surface area contributed by atoms with Gasteiger partial charge in [-0.15, -0.1) is 0 Å². The first kappa shape index (κ1) is 15.2. The predicted octanol–water partition coefficient (Wildman–Crippen LogP) is 2.42. The van der Waals surface area contributed by atoms with Gasteiger partial charge in [-0.25, -0.2) is 17.8 Å². The Kier molecular flexibility index (Phi) is 3.83. The lowest BCUT2D eigenvalue weighted by Crippen LogP contribution is -2.13. The molecule has 1 aromatic carbocycles. The van der Waals surface area contributed by atoms with Crippen molar-refractivity contribution in [3.63, 3.8) is 0 Å². The van der Waals surface area contributed by atoms with Crippen LogP contribution in [0.5, 0.6) is 0 Å². The summed E-state index contributed by atoms with van der Waals surface area (Å²) < 4.78 is 41.3. The number of pyridine rings is 1. The van der Waals surface area contributed by atoms with Gasteiger partial charge in [-0.3, -0.25) is 9.40 Å². The highest BCUT2D eigenvalue weighted by Gasteiger charge is 2.14. The molecule has 0 atom stereocenters. The second kappa shape index (κ2) is 5.81. The van der Waals surface area contributed by atoms with Gasteiger partial charge in [0.05, 0.1) is 11.1 Å². The van der Waals surface area contributed by atoms with Crippen molar-refractivity contribution in [3.05, 3.63) is 60.8 Å². The van der Waals surface area contributed by atoms with Crippen LogP contribution < -0.4 is 4.72 Å². The van der Waals surface area contributed by atoms with E-state index >= 15 is 0 Å². The van der Waals surface area contributed by atoms with Gasteiger partial charge in [0.25, 0.3) is 10.0 Å². The van der Waals surface area contributed by atoms with E-state index < -0.39 is 15.8 Å². The minimum atomic E-state index is -3.80. The zero-order valence-corrected chi connectivity index (χ0v) is 13.0. The summed E-state index contributed by atoms with van der Waals surface area (Å²) in [5, 5.41) is 4.07. The summed E-state index contributed by atoms with van der Waals surface area (Å²) in [4.78, 5) is 4.06. The Morgan fingerprint density at radius 1 is 1.04 bits per heavy atom. The molecule has 0 saturated heterocycles. The van der Waals surface area contributed by atoms with Crippen LogP contribution in [0.15, 0.2) is 59.9 Å². The third-order valence-corrected chi connectivity index (χ3v) is 4.54. The van der Waals surface area contributed by atoms with Crippen molar-refractivity contribution in [1.29, 1.82) is 0 Å². The second-order valence-electron chi connectivity index (χ2n) is 4.89. The molecular formula is C15H13FN4O2S. The van der Waals surface area contributed by atoms with E-state index in [4.69, 9.17) is 0 Å². The maximum absolute atomic E-state index is 12.9. The van der Waals surface area contributed by atoms with Gasteiger partial charge < -0.3 is 0 Å². The molecular weight excluding hydrogens is 319 g/mol. The second-order valence-corrected chi connectivity index (χ2v) is 6.58. The Balaban J connectivity index is 1.81. The van der Waals surface area contributed by atoms with Crippen molar-refractivity contribution in [3.8, 4) is 11.1 Å². The third kappa shape index (κ3) is 3.37. The number of rotatable bonds is 4. The first-order valence-electron chi connectivity index (χ1n) is 6.67. The van der Waals surface area contributed by atoms with Crippen LogP contribution in [-0.2, 0) is 17.1 Å². The van der Waals surface area contributed by atoms with Crippen molar-refractivity contribution in [2.24, 2.45) is 7.05 Å². The molecule has 0 aliphatic heterocycles. The molecule has 3 aromatic rings. The molecule has 0 fully saturated rings. The van der Waals surface area contributed by atoms with Gasteiger partial charge in [0.15, 0.2) is 0 Å². The highest BCUT2D eigenvalue weighted by atomic mass is 32.2. The molecule has 0 saturated carbocycles. The molecule has 0 radical (unpaired) electrons. The van der Waals surface area contributed by atoms with Gasteiger partial charge in [-0.2, -0.15) is 5.10 Å². The number of sulfonamides is 1. The van der Waals surface area contributed by atoms with Gasteiger partial charge in [-0.1, -0.05) is 0 Å². The molecule has 0 spiro atoms. The summed E-state index contributed by atoms with van der Waals surface area (Å²) in [6, 6.07) is 7.88. The van der Waals surface area contributed by atoms with E-state index in [0.29, 0.717) is 0 Å². The van der Waals surface area contributed by atoms with Crippen molar-refractivity contribution in [2.75, 3.05) is 4.72 Å². The number of benzene rings is 1. The number of hydrogen-bond donors (Lipinski definition) is 1. The molecule has 0 aliphatic rings. The van der Waals surface area contributed by atoms with Crippen LogP contribution in [0, 0.1) is 5.82 Å². The summed E-state index contributed by atoms with van der Waals surface area (Å²) in [7, 11) is -1.99. The number of nitrogens with one attached hydrogen (secondary N) is 1. The van der Waals surface area contributed by atoms with Crippen LogP contribution in [0.1, 0.15) is 0 Å². The molecule has 118 valence electrons. The van der Waals surface area contributed by atoms with Gasteiger partial charge in [-0.05, 0) is 36.4 Å². The standard InChI is InChI=1S/C15H13FN4O2S/c1-20-10-12(9-18-20)11-2-7-15(17-8-11)19-23(21,22)14-5-3-13(16)4-6-14/h2-10H,1H3,(H,17,19). The van der Waals surface area contributed by atoms with Crippen molar-refractivity contribution in [2.45, 2.75) is 4.90 Å². The largest absolute Gasteiger partial charge is 0.275 e. The quantitative estimate of drug-likeness (QED) is 0.796. The lowest BCUT2D eigenvalue weighted by atomic mass is 10.2. The number of anilines is 1. The molecule has 2 aromatic heterocycles. The molecule has 3 rings (SSSR count). The number of aromatic nitrogens is 3. The summed E-state index contributed by atoms with van der Waals surface area (Å²) in [6.07, 6.45) is 5.08.